The van der Waals surface area contributed by atoms with Crippen molar-refractivity contribution in [3.05, 3.63) is 35.4 Å². The SMILES string of the molecule is O=C1NC2CC(Cl)(Cl)C2c2ccccc21. The van der Waals surface area contributed by atoms with Crippen LogP contribution >= 0.6 is 23.2 Å². The van der Waals surface area contributed by atoms with E-state index in [1.54, 1.807) is 0 Å². The summed E-state index contributed by atoms with van der Waals surface area (Å²) < 4.78 is -0.728. The molecule has 15 heavy (non-hydrogen) atoms. The Morgan fingerprint density at radius 2 is 2.07 bits per heavy atom. The fraction of sp³-hybridized carbons (Fsp3) is 0.364. The van der Waals surface area contributed by atoms with Gasteiger partial charge in [-0.2, -0.15) is 0 Å². The first-order valence-corrected chi connectivity index (χ1v) is 5.63. The van der Waals surface area contributed by atoms with Crippen LogP contribution in [-0.4, -0.2) is 16.3 Å². The van der Waals surface area contributed by atoms with E-state index in [0.717, 1.165) is 5.56 Å². The second kappa shape index (κ2) is 2.89. The molecule has 2 aliphatic rings. The third-order valence-corrected chi connectivity index (χ3v) is 3.99. The summed E-state index contributed by atoms with van der Waals surface area (Å²) in [6.45, 7) is 0. The van der Waals surface area contributed by atoms with Gasteiger partial charge in [-0.25, -0.2) is 0 Å². The monoisotopic (exact) mass is 241 g/mol. The lowest BCUT2D eigenvalue weighted by atomic mass is 9.70. The number of rotatable bonds is 0. The molecule has 1 aliphatic carbocycles. The molecule has 1 heterocycles. The molecule has 0 spiro atoms. The third kappa shape index (κ3) is 1.21. The standard InChI is InChI=1S/C11H9Cl2NO/c12-11(13)5-8-9(11)6-3-1-2-4-7(6)10(15)14-8/h1-4,8-9H,5H2,(H,14,15). The van der Waals surface area contributed by atoms with Crippen LogP contribution in [0.5, 0.6) is 0 Å². The molecular formula is C11H9Cl2NO. The highest BCUT2D eigenvalue weighted by Crippen LogP contribution is 2.55. The van der Waals surface area contributed by atoms with Crippen molar-refractivity contribution >= 4 is 29.1 Å². The van der Waals surface area contributed by atoms with Gasteiger partial charge in [0.25, 0.3) is 5.91 Å². The Kier molecular flexibility index (Phi) is 1.83. The van der Waals surface area contributed by atoms with Gasteiger partial charge in [-0.3, -0.25) is 4.79 Å². The Balaban J connectivity index is 2.14. The second-order valence-electron chi connectivity index (χ2n) is 4.11. The first kappa shape index (κ1) is 9.49. The van der Waals surface area contributed by atoms with Gasteiger partial charge >= 0.3 is 0 Å². The first-order chi connectivity index (χ1) is 7.09. The van der Waals surface area contributed by atoms with E-state index in [-0.39, 0.29) is 17.9 Å². The predicted molar refractivity (Wildman–Crippen MR) is 59.5 cm³/mol. The van der Waals surface area contributed by atoms with E-state index < -0.39 is 4.33 Å². The molecule has 1 fully saturated rings. The smallest absolute Gasteiger partial charge is 0.251 e. The van der Waals surface area contributed by atoms with Gasteiger partial charge in [0.1, 0.15) is 4.33 Å². The molecule has 1 aliphatic heterocycles. The second-order valence-corrected chi connectivity index (χ2v) is 5.65. The van der Waals surface area contributed by atoms with Gasteiger partial charge in [-0.05, 0) is 11.6 Å². The highest BCUT2D eigenvalue weighted by atomic mass is 35.5. The highest BCUT2D eigenvalue weighted by Gasteiger charge is 2.56. The van der Waals surface area contributed by atoms with Crippen molar-refractivity contribution < 1.29 is 4.79 Å². The molecule has 1 N–H and O–H groups in total. The molecular weight excluding hydrogens is 233 g/mol. The van der Waals surface area contributed by atoms with Crippen molar-refractivity contribution in [2.75, 3.05) is 0 Å². The maximum Gasteiger partial charge on any atom is 0.251 e. The Bertz CT molecular complexity index is 444. The largest absolute Gasteiger partial charge is 0.348 e. The van der Waals surface area contributed by atoms with Crippen molar-refractivity contribution in [3.8, 4) is 0 Å². The van der Waals surface area contributed by atoms with Crippen LogP contribution in [-0.2, 0) is 0 Å². The van der Waals surface area contributed by atoms with E-state index in [0.29, 0.717) is 12.0 Å². The van der Waals surface area contributed by atoms with Crippen LogP contribution in [0.4, 0.5) is 0 Å². The summed E-state index contributed by atoms with van der Waals surface area (Å²) in [6, 6.07) is 7.61. The van der Waals surface area contributed by atoms with Gasteiger partial charge in [0, 0.05) is 23.9 Å². The Hall–Kier alpha value is -0.730. The maximum atomic E-state index is 11.7. The van der Waals surface area contributed by atoms with Crippen molar-refractivity contribution in [1.82, 2.24) is 5.32 Å². The van der Waals surface area contributed by atoms with E-state index in [9.17, 15) is 4.79 Å². The predicted octanol–water partition coefficient (Wildman–Crippen LogP) is 2.46. The van der Waals surface area contributed by atoms with Crippen LogP contribution in [0.25, 0.3) is 0 Å². The number of fused-ring (bicyclic) bond motifs is 3. The quantitative estimate of drug-likeness (QED) is 0.695. The van der Waals surface area contributed by atoms with E-state index in [1.165, 1.54) is 0 Å². The van der Waals surface area contributed by atoms with Crippen molar-refractivity contribution in [1.29, 1.82) is 0 Å². The molecule has 4 heteroatoms. The van der Waals surface area contributed by atoms with Crippen LogP contribution in [0.1, 0.15) is 28.3 Å². The topological polar surface area (TPSA) is 29.1 Å². The molecule has 1 aromatic carbocycles. The van der Waals surface area contributed by atoms with E-state index in [1.807, 2.05) is 24.3 Å². The Morgan fingerprint density at radius 1 is 1.33 bits per heavy atom. The lowest BCUT2D eigenvalue weighted by Gasteiger charge is -2.50. The number of halogens is 2. The number of amides is 1. The average molecular weight is 242 g/mol. The summed E-state index contributed by atoms with van der Waals surface area (Å²) in [5.41, 5.74) is 1.67. The van der Waals surface area contributed by atoms with Crippen LogP contribution in [0, 0.1) is 0 Å². The zero-order chi connectivity index (χ0) is 10.6. The number of nitrogens with one attached hydrogen (secondary N) is 1. The minimum absolute atomic E-state index is 0.0179. The van der Waals surface area contributed by atoms with Crippen LogP contribution in [0.15, 0.2) is 24.3 Å². The minimum Gasteiger partial charge on any atom is -0.348 e. The molecule has 0 radical (unpaired) electrons. The lowest BCUT2D eigenvalue weighted by Crippen LogP contribution is -2.59. The summed E-state index contributed by atoms with van der Waals surface area (Å²) >= 11 is 12.3. The molecule has 78 valence electrons. The molecule has 3 rings (SSSR count). The van der Waals surface area contributed by atoms with E-state index in [4.69, 9.17) is 23.2 Å². The number of hydrogen-bond donors (Lipinski definition) is 1. The van der Waals surface area contributed by atoms with Crippen molar-refractivity contribution in [3.63, 3.8) is 0 Å². The third-order valence-electron chi connectivity index (χ3n) is 3.21. The molecule has 1 saturated carbocycles. The number of carbonyl (C=O) groups excluding carboxylic acids is 1. The van der Waals surface area contributed by atoms with Gasteiger partial charge in [-0.15, -0.1) is 23.2 Å². The number of carbonyl (C=O) groups is 1. The van der Waals surface area contributed by atoms with Gasteiger partial charge in [0.2, 0.25) is 0 Å². The molecule has 2 nitrogen and oxygen atoms in total. The fourth-order valence-corrected chi connectivity index (χ4v) is 3.34. The molecule has 2 atom stereocenters. The normalized spacial score (nSPS) is 30.9. The number of alkyl halides is 2. The van der Waals surface area contributed by atoms with Gasteiger partial charge in [0.15, 0.2) is 0 Å². The van der Waals surface area contributed by atoms with Crippen molar-refractivity contribution in [2.24, 2.45) is 0 Å². The van der Waals surface area contributed by atoms with Crippen LogP contribution < -0.4 is 5.32 Å². The van der Waals surface area contributed by atoms with Gasteiger partial charge < -0.3 is 5.32 Å². The fourth-order valence-electron chi connectivity index (χ4n) is 2.47. The summed E-state index contributed by atoms with van der Waals surface area (Å²) in [5.74, 6) is 0.0189. The molecule has 2 unspecified atom stereocenters. The molecule has 1 aromatic rings. The molecule has 0 bridgehead atoms. The summed E-state index contributed by atoms with van der Waals surface area (Å²) in [7, 11) is 0. The Morgan fingerprint density at radius 3 is 2.80 bits per heavy atom. The first-order valence-electron chi connectivity index (χ1n) is 4.87. The highest BCUT2D eigenvalue weighted by molar-refractivity contribution is 6.50. The zero-order valence-corrected chi connectivity index (χ0v) is 9.35. The van der Waals surface area contributed by atoms with Crippen molar-refractivity contribution in [2.45, 2.75) is 22.7 Å². The van der Waals surface area contributed by atoms with Gasteiger partial charge in [-0.1, -0.05) is 18.2 Å². The molecule has 0 aromatic heterocycles. The zero-order valence-electron chi connectivity index (χ0n) is 7.84. The van der Waals surface area contributed by atoms with Crippen LogP contribution in [0.2, 0.25) is 0 Å². The number of hydrogen-bond acceptors (Lipinski definition) is 1. The average Bonchev–Trinajstić information content (AvgIpc) is 2.16. The number of benzene rings is 1. The molecule has 0 saturated heterocycles. The summed E-state index contributed by atoms with van der Waals surface area (Å²) in [6.07, 6.45) is 0.626. The van der Waals surface area contributed by atoms with E-state index >= 15 is 0 Å². The maximum absolute atomic E-state index is 11.7. The lowest BCUT2D eigenvalue weighted by molar-refractivity contribution is 0.0871. The summed E-state index contributed by atoms with van der Waals surface area (Å²) in [4.78, 5) is 11.7. The summed E-state index contributed by atoms with van der Waals surface area (Å²) in [5, 5.41) is 2.92. The Labute approximate surface area is 97.6 Å². The molecule has 1 amide bonds. The minimum atomic E-state index is -0.728. The van der Waals surface area contributed by atoms with E-state index in [2.05, 4.69) is 5.32 Å². The van der Waals surface area contributed by atoms with Crippen LogP contribution in [0.3, 0.4) is 0 Å². The van der Waals surface area contributed by atoms with Gasteiger partial charge in [0.05, 0.1) is 0 Å².